The number of halogens is 4. The Balaban J connectivity index is 2.92. The van der Waals surface area contributed by atoms with Gasteiger partial charge in [-0.25, -0.2) is 8.78 Å². The molecule has 1 aromatic rings. The topological polar surface area (TPSA) is 21.3 Å². The molecule has 0 atom stereocenters. The maximum atomic E-state index is 13.4. The van der Waals surface area contributed by atoms with E-state index in [0.717, 1.165) is 6.42 Å². The van der Waals surface area contributed by atoms with E-state index in [1.807, 2.05) is 6.92 Å². The molecule has 6 heteroatoms. The summed E-state index contributed by atoms with van der Waals surface area (Å²) in [5.41, 5.74) is -1.00. The molecule has 0 saturated heterocycles. The third kappa shape index (κ3) is 4.09. The Morgan fingerprint density at radius 2 is 1.63 bits per heavy atom. The normalized spacial score (nSPS) is 11.7. The van der Waals surface area contributed by atoms with Gasteiger partial charge in [-0.2, -0.15) is 8.78 Å². The molecule has 0 saturated carbocycles. The van der Waals surface area contributed by atoms with Crippen LogP contribution >= 0.6 is 0 Å². The van der Waals surface area contributed by atoms with Crippen LogP contribution in [-0.4, -0.2) is 18.7 Å². The molecule has 2 nitrogen and oxygen atoms in total. The van der Waals surface area contributed by atoms with Crippen molar-refractivity contribution in [2.24, 2.45) is 0 Å². The highest BCUT2D eigenvalue weighted by atomic mass is 19.2. The molecule has 108 valence electrons. The highest BCUT2D eigenvalue weighted by Gasteiger charge is 2.27. The monoisotopic (exact) mass is 279 g/mol. The molecule has 0 aliphatic carbocycles. The molecule has 19 heavy (non-hydrogen) atoms. The zero-order chi connectivity index (χ0) is 14.6. The quantitative estimate of drug-likeness (QED) is 0.489. The van der Waals surface area contributed by atoms with Crippen LogP contribution in [0.4, 0.5) is 17.6 Å². The predicted octanol–water partition coefficient (Wildman–Crippen LogP) is 3.40. The van der Waals surface area contributed by atoms with Crippen molar-refractivity contribution in [1.82, 2.24) is 5.32 Å². The maximum absolute atomic E-state index is 13.4. The first-order valence-corrected chi connectivity index (χ1v) is 6.01. The number of benzene rings is 1. The van der Waals surface area contributed by atoms with E-state index in [1.165, 1.54) is 0 Å². The zero-order valence-corrected chi connectivity index (χ0v) is 11.1. The summed E-state index contributed by atoms with van der Waals surface area (Å²) in [6.45, 7) is 6.09. The van der Waals surface area contributed by atoms with Crippen molar-refractivity contribution in [3.63, 3.8) is 0 Å². The van der Waals surface area contributed by atoms with Crippen LogP contribution in [0.15, 0.2) is 6.07 Å². The van der Waals surface area contributed by atoms with E-state index in [1.54, 1.807) is 13.8 Å². The Morgan fingerprint density at radius 1 is 1.11 bits per heavy atom. The number of ether oxygens (including phenoxy) is 1. The highest BCUT2D eigenvalue weighted by molar-refractivity contribution is 5.29. The standard InChI is InChI=1S/C13H17F4NO/c1-4-5-18-7-13(2,3)19-12-10(16)8(14)6-9(15)11(12)17/h6,18H,4-5,7H2,1-3H3. The van der Waals surface area contributed by atoms with Gasteiger partial charge in [-0.05, 0) is 26.8 Å². The first-order chi connectivity index (χ1) is 8.78. The molecule has 0 aliphatic heterocycles. The van der Waals surface area contributed by atoms with Gasteiger partial charge in [-0.1, -0.05) is 6.92 Å². The van der Waals surface area contributed by atoms with Crippen molar-refractivity contribution in [3.05, 3.63) is 29.3 Å². The van der Waals surface area contributed by atoms with Gasteiger partial charge in [0.25, 0.3) is 0 Å². The van der Waals surface area contributed by atoms with Crippen LogP contribution in [0.25, 0.3) is 0 Å². The number of hydrogen-bond donors (Lipinski definition) is 1. The minimum absolute atomic E-state index is 0.153. The second kappa shape index (κ2) is 6.23. The van der Waals surface area contributed by atoms with Crippen molar-refractivity contribution in [3.8, 4) is 5.75 Å². The first-order valence-electron chi connectivity index (χ1n) is 6.01. The molecule has 1 N–H and O–H groups in total. The molecule has 1 rings (SSSR count). The van der Waals surface area contributed by atoms with Crippen molar-refractivity contribution >= 4 is 0 Å². The van der Waals surface area contributed by atoms with E-state index in [9.17, 15) is 17.6 Å². The Labute approximate surface area is 109 Å². The fraction of sp³-hybridized carbons (Fsp3) is 0.538. The lowest BCUT2D eigenvalue weighted by atomic mass is 10.1. The van der Waals surface area contributed by atoms with Gasteiger partial charge >= 0.3 is 0 Å². The molecule has 0 fully saturated rings. The third-order valence-electron chi connectivity index (χ3n) is 2.43. The van der Waals surface area contributed by atoms with Crippen LogP contribution in [0.1, 0.15) is 27.2 Å². The average Bonchev–Trinajstić information content (AvgIpc) is 2.32. The summed E-state index contributed by atoms with van der Waals surface area (Å²) in [5, 5.41) is 3.01. The van der Waals surface area contributed by atoms with Gasteiger partial charge in [0.05, 0.1) is 0 Å². The lowest BCUT2D eigenvalue weighted by Crippen LogP contribution is -2.41. The summed E-state index contributed by atoms with van der Waals surface area (Å²) in [6.07, 6.45) is 0.882. The molecule has 1 aromatic carbocycles. The Bertz CT molecular complexity index is 423. The van der Waals surface area contributed by atoms with Gasteiger partial charge in [0.2, 0.25) is 11.6 Å². The molecular weight excluding hydrogens is 262 g/mol. The Morgan fingerprint density at radius 3 is 2.11 bits per heavy atom. The van der Waals surface area contributed by atoms with Crippen LogP contribution < -0.4 is 10.1 Å². The van der Waals surface area contributed by atoms with Crippen LogP contribution in [-0.2, 0) is 0 Å². The minimum Gasteiger partial charge on any atom is -0.480 e. The van der Waals surface area contributed by atoms with Crippen LogP contribution in [0.3, 0.4) is 0 Å². The van der Waals surface area contributed by atoms with Crippen molar-refractivity contribution in [2.75, 3.05) is 13.1 Å². The first kappa shape index (κ1) is 15.8. The summed E-state index contributed by atoms with van der Waals surface area (Å²) in [6, 6.07) is 0.153. The molecule has 0 amide bonds. The predicted molar refractivity (Wildman–Crippen MR) is 64.1 cm³/mol. The van der Waals surface area contributed by atoms with E-state index in [0.29, 0.717) is 6.54 Å². The van der Waals surface area contributed by atoms with E-state index >= 15 is 0 Å². The number of rotatable bonds is 6. The maximum Gasteiger partial charge on any atom is 0.203 e. The van der Waals surface area contributed by atoms with Crippen LogP contribution in [0.2, 0.25) is 0 Å². The second-order valence-corrected chi connectivity index (χ2v) is 4.84. The summed E-state index contributed by atoms with van der Waals surface area (Å²) in [5.74, 6) is -7.04. The van der Waals surface area contributed by atoms with Gasteiger partial charge in [0.1, 0.15) is 5.60 Å². The van der Waals surface area contributed by atoms with Crippen LogP contribution in [0, 0.1) is 23.3 Å². The van der Waals surface area contributed by atoms with Gasteiger partial charge < -0.3 is 10.1 Å². The molecule has 0 radical (unpaired) electrons. The van der Waals surface area contributed by atoms with Gasteiger partial charge in [0, 0.05) is 12.6 Å². The van der Waals surface area contributed by atoms with E-state index in [2.05, 4.69) is 5.32 Å². The van der Waals surface area contributed by atoms with E-state index in [4.69, 9.17) is 4.74 Å². The summed E-state index contributed by atoms with van der Waals surface area (Å²) < 4.78 is 58.0. The van der Waals surface area contributed by atoms with Crippen molar-refractivity contribution in [2.45, 2.75) is 32.8 Å². The second-order valence-electron chi connectivity index (χ2n) is 4.84. The largest absolute Gasteiger partial charge is 0.480 e. The minimum atomic E-state index is -1.53. The van der Waals surface area contributed by atoms with E-state index < -0.39 is 34.6 Å². The van der Waals surface area contributed by atoms with Crippen molar-refractivity contribution in [1.29, 1.82) is 0 Å². The third-order valence-corrected chi connectivity index (χ3v) is 2.43. The van der Waals surface area contributed by atoms with Crippen molar-refractivity contribution < 1.29 is 22.3 Å². The van der Waals surface area contributed by atoms with Gasteiger partial charge in [-0.15, -0.1) is 0 Å². The van der Waals surface area contributed by atoms with E-state index in [-0.39, 0.29) is 12.6 Å². The number of hydrogen-bond acceptors (Lipinski definition) is 2. The summed E-state index contributed by atoms with van der Waals surface area (Å²) in [7, 11) is 0. The SMILES string of the molecule is CCCNCC(C)(C)Oc1c(F)c(F)cc(F)c1F. The molecule has 0 bridgehead atoms. The molecule has 0 spiro atoms. The van der Waals surface area contributed by atoms with Gasteiger partial charge in [0.15, 0.2) is 17.4 Å². The fourth-order valence-electron chi connectivity index (χ4n) is 1.52. The summed E-state index contributed by atoms with van der Waals surface area (Å²) >= 11 is 0. The molecule has 0 aliphatic rings. The zero-order valence-electron chi connectivity index (χ0n) is 11.1. The molecule has 0 unspecified atom stereocenters. The highest BCUT2D eigenvalue weighted by Crippen LogP contribution is 2.29. The Kier molecular flexibility index (Phi) is 5.17. The van der Waals surface area contributed by atoms with Gasteiger partial charge in [-0.3, -0.25) is 0 Å². The summed E-state index contributed by atoms with van der Waals surface area (Å²) in [4.78, 5) is 0. The Hall–Kier alpha value is -1.30. The van der Waals surface area contributed by atoms with Crippen LogP contribution in [0.5, 0.6) is 5.75 Å². The molecule has 0 heterocycles. The fourth-order valence-corrected chi connectivity index (χ4v) is 1.52. The molecule has 0 aromatic heterocycles. The smallest absolute Gasteiger partial charge is 0.203 e. The number of nitrogens with one attached hydrogen (secondary N) is 1. The molecular formula is C13H17F4NO. The lowest BCUT2D eigenvalue weighted by Gasteiger charge is -2.27. The average molecular weight is 279 g/mol. The lowest BCUT2D eigenvalue weighted by molar-refractivity contribution is 0.0939.